The van der Waals surface area contributed by atoms with Crippen LogP contribution in [0.15, 0.2) is 39.0 Å². The zero-order valence-electron chi connectivity index (χ0n) is 9.43. The molecule has 0 saturated carbocycles. The average Bonchev–Trinajstić information content (AvgIpc) is 2.83. The fourth-order valence-electron chi connectivity index (χ4n) is 1.37. The van der Waals surface area contributed by atoms with Gasteiger partial charge in [-0.1, -0.05) is 6.07 Å². The van der Waals surface area contributed by atoms with Crippen LogP contribution in [0.25, 0.3) is 0 Å². The van der Waals surface area contributed by atoms with Crippen molar-refractivity contribution in [2.45, 2.75) is 11.5 Å². The van der Waals surface area contributed by atoms with Gasteiger partial charge in [-0.2, -0.15) is 0 Å². The van der Waals surface area contributed by atoms with Crippen LogP contribution in [-0.4, -0.2) is 13.5 Å². The van der Waals surface area contributed by atoms with E-state index in [1.807, 2.05) is 0 Å². The maximum absolute atomic E-state index is 13.6. The summed E-state index contributed by atoms with van der Waals surface area (Å²) in [5.41, 5.74) is -0.140. The molecule has 2 N–H and O–H groups in total. The van der Waals surface area contributed by atoms with Gasteiger partial charge in [-0.05, 0) is 34.1 Å². The number of rotatable bonds is 4. The van der Waals surface area contributed by atoms with Gasteiger partial charge in [0.15, 0.2) is 0 Å². The summed E-state index contributed by atoms with van der Waals surface area (Å²) in [5, 5.41) is 10.3. The summed E-state index contributed by atoms with van der Waals surface area (Å²) in [6.45, 7) is -0.233. The maximum atomic E-state index is 13.6. The van der Waals surface area contributed by atoms with Crippen LogP contribution in [0.1, 0.15) is 4.88 Å². The number of benzene rings is 1. The predicted octanol–water partition coefficient (Wildman–Crippen LogP) is 2.94. The van der Waals surface area contributed by atoms with Crippen molar-refractivity contribution in [1.82, 2.24) is 0 Å². The fraction of sp³-hybridized carbons (Fsp3) is 0.0909. The number of hydrogen-bond donors (Lipinski definition) is 2. The summed E-state index contributed by atoms with van der Waals surface area (Å²) in [5.74, 6) is -0.671. The van der Waals surface area contributed by atoms with Crippen molar-refractivity contribution < 1.29 is 17.9 Å². The number of aliphatic hydroxyl groups excluding tert-OH is 1. The predicted molar refractivity (Wildman–Crippen MR) is 75.2 cm³/mol. The maximum Gasteiger partial charge on any atom is 0.262 e. The summed E-state index contributed by atoms with van der Waals surface area (Å²) in [7, 11) is -3.87. The first-order chi connectivity index (χ1) is 8.94. The van der Waals surface area contributed by atoms with Gasteiger partial charge in [0.1, 0.15) is 5.82 Å². The third kappa shape index (κ3) is 3.14. The van der Waals surface area contributed by atoms with Gasteiger partial charge < -0.3 is 5.11 Å². The number of anilines is 1. The lowest BCUT2D eigenvalue weighted by molar-refractivity contribution is 0.285. The van der Waals surface area contributed by atoms with E-state index >= 15 is 0 Å². The van der Waals surface area contributed by atoms with Crippen molar-refractivity contribution in [3.8, 4) is 0 Å². The van der Waals surface area contributed by atoms with Crippen LogP contribution in [0.3, 0.4) is 0 Å². The first-order valence-electron chi connectivity index (χ1n) is 5.09. The summed E-state index contributed by atoms with van der Waals surface area (Å²) >= 11 is 4.21. The van der Waals surface area contributed by atoms with Gasteiger partial charge in [-0.15, -0.1) is 11.3 Å². The Hall–Kier alpha value is -0.960. The molecule has 0 amide bonds. The van der Waals surface area contributed by atoms with Gasteiger partial charge in [0.25, 0.3) is 10.0 Å². The van der Waals surface area contributed by atoms with Gasteiger partial charge in [0.05, 0.1) is 17.2 Å². The molecule has 0 saturated heterocycles. The number of para-hydroxylation sites is 1. The Morgan fingerprint density at radius 1 is 1.42 bits per heavy atom. The highest BCUT2D eigenvalue weighted by Gasteiger charge is 2.19. The molecular formula is C11H9BrFNO3S2. The van der Waals surface area contributed by atoms with Gasteiger partial charge in [0, 0.05) is 14.7 Å². The lowest BCUT2D eigenvalue weighted by Gasteiger charge is -2.09. The Morgan fingerprint density at radius 3 is 2.74 bits per heavy atom. The van der Waals surface area contributed by atoms with E-state index in [0.29, 0.717) is 9.35 Å². The van der Waals surface area contributed by atoms with Gasteiger partial charge >= 0.3 is 0 Å². The molecule has 0 spiro atoms. The summed E-state index contributed by atoms with van der Waals surface area (Å²) in [4.78, 5) is 0.518. The average molecular weight is 366 g/mol. The molecule has 0 radical (unpaired) electrons. The topological polar surface area (TPSA) is 66.4 Å². The molecule has 19 heavy (non-hydrogen) atoms. The first-order valence-corrected chi connectivity index (χ1v) is 8.25. The largest absolute Gasteiger partial charge is 0.391 e. The normalized spacial score (nSPS) is 11.5. The molecule has 102 valence electrons. The zero-order valence-corrected chi connectivity index (χ0v) is 12.6. The number of hydrogen-bond acceptors (Lipinski definition) is 4. The second-order valence-electron chi connectivity index (χ2n) is 3.61. The van der Waals surface area contributed by atoms with E-state index in [4.69, 9.17) is 5.11 Å². The minimum absolute atomic E-state index is 0.00305. The van der Waals surface area contributed by atoms with E-state index in [1.54, 1.807) is 0 Å². The third-order valence-electron chi connectivity index (χ3n) is 2.30. The minimum atomic E-state index is -3.87. The molecule has 1 aromatic heterocycles. The van der Waals surface area contributed by atoms with E-state index < -0.39 is 15.8 Å². The molecule has 0 aliphatic carbocycles. The van der Waals surface area contributed by atoms with Crippen molar-refractivity contribution in [2.24, 2.45) is 0 Å². The second kappa shape index (κ2) is 5.58. The van der Waals surface area contributed by atoms with Crippen LogP contribution in [0.2, 0.25) is 0 Å². The molecule has 0 aliphatic heterocycles. The Morgan fingerprint density at radius 2 is 2.16 bits per heavy atom. The van der Waals surface area contributed by atoms with Crippen LogP contribution in [-0.2, 0) is 16.6 Å². The summed E-state index contributed by atoms with van der Waals surface area (Å²) < 4.78 is 40.2. The minimum Gasteiger partial charge on any atom is -0.391 e. The molecule has 2 rings (SSSR count). The molecule has 2 aromatic rings. The Balaban J connectivity index is 2.36. The van der Waals surface area contributed by atoms with Crippen molar-refractivity contribution in [3.63, 3.8) is 0 Å². The number of thiophene rings is 1. The van der Waals surface area contributed by atoms with E-state index in [2.05, 4.69) is 20.7 Å². The zero-order chi connectivity index (χ0) is 14.0. The van der Waals surface area contributed by atoms with Crippen LogP contribution in [0.5, 0.6) is 0 Å². The van der Waals surface area contributed by atoms with E-state index in [0.717, 1.165) is 17.4 Å². The highest BCUT2D eigenvalue weighted by molar-refractivity contribution is 9.10. The summed E-state index contributed by atoms with van der Waals surface area (Å²) in [6, 6.07) is 5.51. The quantitative estimate of drug-likeness (QED) is 0.875. The number of sulfonamides is 1. The van der Waals surface area contributed by atoms with Crippen molar-refractivity contribution in [2.75, 3.05) is 4.72 Å². The van der Waals surface area contributed by atoms with Crippen molar-refractivity contribution in [1.29, 1.82) is 0 Å². The standard InChI is InChI=1S/C11H9BrFNO3S2/c12-9-2-1-3-10(13)11(9)14-19(16,17)8-4-7(5-15)18-6-8/h1-4,6,14-15H,5H2. The third-order valence-corrected chi connectivity index (χ3v) is 5.36. The van der Waals surface area contributed by atoms with E-state index in [1.165, 1.54) is 23.6 Å². The number of halogens is 2. The molecule has 1 heterocycles. The Kier molecular flexibility index (Phi) is 4.24. The van der Waals surface area contributed by atoms with Gasteiger partial charge in [-0.25, -0.2) is 12.8 Å². The lowest BCUT2D eigenvalue weighted by Crippen LogP contribution is -2.13. The van der Waals surface area contributed by atoms with E-state index in [-0.39, 0.29) is 17.2 Å². The second-order valence-corrected chi connectivity index (χ2v) is 7.14. The molecule has 0 aliphatic rings. The van der Waals surface area contributed by atoms with Crippen molar-refractivity contribution >= 4 is 43.0 Å². The molecule has 4 nitrogen and oxygen atoms in total. The molecule has 0 fully saturated rings. The van der Waals surface area contributed by atoms with E-state index in [9.17, 15) is 12.8 Å². The highest BCUT2D eigenvalue weighted by atomic mass is 79.9. The molecule has 8 heteroatoms. The van der Waals surface area contributed by atoms with Crippen LogP contribution in [0, 0.1) is 5.82 Å². The van der Waals surface area contributed by atoms with Crippen LogP contribution < -0.4 is 4.72 Å². The van der Waals surface area contributed by atoms with Crippen LogP contribution in [0.4, 0.5) is 10.1 Å². The molecular weight excluding hydrogens is 357 g/mol. The first kappa shape index (κ1) is 14.4. The molecule has 0 unspecified atom stereocenters. The van der Waals surface area contributed by atoms with Crippen molar-refractivity contribution in [3.05, 3.63) is 44.8 Å². The SMILES string of the molecule is O=S(=O)(Nc1c(F)cccc1Br)c1csc(CO)c1. The molecule has 0 bridgehead atoms. The molecule has 1 aromatic carbocycles. The monoisotopic (exact) mass is 365 g/mol. The van der Waals surface area contributed by atoms with Crippen LogP contribution >= 0.6 is 27.3 Å². The number of aliphatic hydroxyl groups is 1. The Labute approximate surface area is 122 Å². The van der Waals surface area contributed by atoms with Gasteiger partial charge in [-0.3, -0.25) is 4.72 Å². The lowest BCUT2D eigenvalue weighted by atomic mass is 10.3. The fourth-order valence-corrected chi connectivity index (χ4v) is 4.17. The Bertz CT molecular complexity index is 679. The van der Waals surface area contributed by atoms with Gasteiger partial charge in [0.2, 0.25) is 0 Å². The molecule has 0 atom stereocenters. The summed E-state index contributed by atoms with van der Waals surface area (Å²) in [6.07, 6.45) is 0. The number of nitrogens with one attached hydrogen (secondary N) is 1. The highest BCUT2D eigenvalue weighted by Crippen LogP contribution is 2.28. The smallest absolute Gasteiger partial charge is 0.262 e.